The summed E-state index contributed by atoms with van der Waals surface area (Å²) in [5.74, 6) is -0.951. The van der Waals surface area contributed by atoms with Gasteiger partial charge in [-0.1, -0.05) is 19.1 Å². The first-order chi connectivity index (χ1) is 13.5. The first kappa shape index (κ1) is 19.2. The third-order valence-electron chi connectivity index (χ3n) is 4.42. The number of nitrogens with one attached hydrogen (secondary N) is 1. The number of hydrogen-bond donors (Lipinski definition) is 1. The van der Waals surface area contributed by atoms with Crippen LogP contribution < -0.4 is 5.32 Å². The van der Waals surface area contributed by atoms with E-state index in [1.54, 1.807) is 30.5 Å². The van der Waals surface area contributed by atoms with Crippen LogP contribution in [-0.4, -0.2) is 18.0 Å². The van der Waals surface area contributed by atoms with Gasteiger partial charge in [-0.3, -0.25) is 9.59 Å². The van der Waals surface area contributed by atoms with E-state index in [-0.39, 0.29) is 6.42 Å². The van der Waals surface area contributed by atoms with Crippen molar-refractivity contribution in [3.05, 3.63) is 65.4 Å². The third kappa shape index (κ3) is 4.38. The maximum Gasteiger partial charge on any atom is 0.311 e. The van der Waals surface area contributed by atoms with Gasteiger partial charge in [0.1, 0.15) is 5.58 Å². The number of anilines is 1. The van der Waals surface area contributed by atoms with Crippen LogP contribution in [0.3, 0.4) is 0 Å². The molecule has 1 amide bonds. The number of amides is 1. The maximum absolute atomic E-state index is 12.2. The largest absolute Gasteiger partial charge is 0.464 e. The second-order valence-electron chi connectivity index (χ2n) is 6.43. The lowest BCUT2D eigenvalue weighted by Crippen LogP contribution is -2.30. The molecule has 0 bridgehead atoms. The average molecular weight is 376 g/mol. The van der Waals surface area contributed by atoms with Gasteiger partial charge in [0.2, 0.25) is 0 Å². The van der Waals surface area contributed by atoms with E-state index in [1.165, 1.54) is 6.92 Å². The molecule has 1 atom stereocenters. The Kier molecular flexibility index (Phi) is 5.75. The first-order valence-corrected chi connectivity index (χ1v) is 8.99. The van der Waals surface area contributed by atoms with Crippen LogP contribution in [0.5, 0.6) is 0 Å². The lowest BCUT2D eigenvalue weighted by atomic mass is 10.1. The van der Waals surface area contributed by atoms with Crippen molar-refractivity contribution in [3.63, 3.8) is 0 Å². The number of rotatable bonds is 6. The van der Waals surface area contributed by atoms with Gasteiger partial charge in [-0.05, 0) is 49.2 Å². The number of benzene rings is 2. The summed E-state index contributed by atoms with van der Waals surface area (Å²) in [5, 5.41) is 12.3. The molecule has 1 aromatic heterocycles. The van der Waals surface area contributed by atoms with Crippen LogP contribution >= 0.6 is 0 Å². The Morgan fingerprint density at radius 1 is 1.21 bits per heavy atom. The zero-order valence-electron chi connectivity index (χ0n) is 15.7. The third-order valence-corrected chi connectivity index (χ3v) is 4.42. The van der Waals surface area contributed by atoms with Crippen LogP contribution in [0, 0.1) is 11.3 Å². The summed E-state index contributed by atoms with van der Waals surface area (Å²) in [4.78, 5) is 24.5. The molecule has 0 radical (unpaired) electrons. The number of aryl methyl sites for hydroxylation is 1. The van der Waals surface area contributed by atoms with Gasteiger partial charge < -0.3 is 14.5 Å². The molecule has 6 heteroatoms. The summed E-state index contributed by atoms with van der Waals surface area (Å²) in [6.07, 6.45) is 1.52. The Balaban J connectivity index is 1.59. The van der Waals surface area contributed by atoms with E-state index in [1.807, 2.05) is 24.3 Å². The Morgan fingerprint density at radius 3 is 2.64 bits per heavy atom. The van der Waals surface area contributed by atoms with Gasteiger partial charge in [0.25, 0.3) is 5.91 Å². The van der Waals surface area contributed by atoms with Crippen molar-refractivity contribution in [2.75, 3.05) is 5.32 Å². The molecule has 1 N–H and O–H groups in total. The van der Waals surface area contributed by atoms with E-state index in [9.17, 15) is 9.59 Å². The number of ether oxygens (including phenoxy) is 1. The number of esters is 1. The highest BCUT2D eigenvalue weighted by molar-refractivity contribution is 5.95. The standard InChI is InChI=1S/C22H20N2O4/c1-3-15-6-9-19-17(13-27-20(19)10-15)11-21(25)28-14(2)22(26)24-18-7-4-16(12-23)5-8-18/h4-10,13-14H,3,11H2,1-2H3,(H,24,26)/t14-/m0/s1. The summed E-state index contributed by atoms with van der Waals surface area (Å²) in [5.41, 5.74) is 3.63. The molecule has 0 saturated carbocycles. The molecule has 0 aliphatic rings. The lowest BCUT2D eigenvalue weighted by molar-refractivity contribution is -0.152. The Hall–Kier alpha value is -3.59. The highest BCUT2D eigenvalue weighted by atomic mass is 16.5. The van der Waals surface area contributed by atoms with Gasteiger partial charge in [0.15, 0.2) is 6.10 Å². The minimum absolute atomic E-state index is 0.0208. The molecule has 28 heavy (non-hydrogen) atoms. The van der Waals surface area contributed by atoms with Crippen molar-refractivity contribution >= 4 is 28.5 Å². The van der Waals surface area contributed by atoms with Crippen LogP contribution in [0.2, 0.25) is 0 Å². The Morgan fingerprint density at radius 2 is 1.96 bits per heavy atom. The first-order valence-electron chi connectivity index (χ1n) is 8.99. The number of fused-ring (bicyclic) bond motifs is 1. The lowest BCUT2D eigenvalue weighted by Gasteiger charge is -2.13. The monoisotopic (exact) mass is 376 g/mol. The highest BCUT2D eigenvalue weighted by Gasteiger charge is 2.19. The molecule has 0 aliphatic heterocycles. The number of hydrogen-bond acceptors (Lipinski definition) is 5. The fourth-order valence-electron chi connectivity index (χ4n) is 2.80. The predicted octanol–water partition coefficient (Wildman–Crippen LogP) is 3.98. The molecule has 3 aromatic rings. The van der Waals surface area contributed by atoms with Gasteiger partial charge in [0, 0.05) is 16.6 Å². The molecule has 3 rings (SSSR count). The number of furan rings is 1. The summed E-state index contributed by atoms with van der Waals surface area (Å²) in [7, 11) is 0. The Labute approximate surface area is 162 Å². The molecular weight excluding hydrogens is 356 g/mol. The molecule has 0 saturated heterocycles. The van der Waals surface area contributed by atoms with Crippen molar-refractivity contribution in [1.29, 1.82) is 5.26 Å². The zero-order chi connectivity index (χ0) is 20.1. The summed E-state index contributed by atoms with van der Waals surface area (Å²) in [6, 6.07) is 14.3. The zero-order valence-corrected chi connectivity index (χ0v) is 15.7. The van der Waals surface area contributed by atoms with Crippen molar-refractivity contribution in [1.82, 2.24) is 0 Å². The quantitative estimate of drug-likeness (QED) is 0.657. The van der Waals surface area contributed by atoms with Gasteiger partial charge in [-0.2, -0.15) is 5.26 Å². The molecule has 142 valence electrons. The Bertz CT molecular complexity index is 1040. The normalized spacial score (nSPS) is 11.6. The van der Waals surface area contributed by atoms with Crippen molar-refractivity contribution in [3.8, 4) is 6.07 Å². The molecule has 6 nitrogen and oxygen atoms in total. The van der Waals surface area contributed by atoms with Crippen molar-refractivity contribution in [2.45, 2.75) is 32.8 Å². The molecule has 1 heterocycles. The van der Waals surface area contributed by atoms with Gasteiger partial charge in [-0.15, -0.1) is 0 Å². The highest BCUT2D eigenvalue weighted by Crippen LogP contribution is 2.23. The van der Waals surface area contributed by atoms with Gasteiger partial charge in [0.05, 0.1) is 24.3 Å². The van der Waals surface area contributed by atoms with E-state index in [4.69, 9.17) is 14.4 Å². The van der Waals surface area contributed by atoms with E-state index < -0.39 is 18.0 Å². The van der Waals surface area contributed by atoms with Crippen LogP contribution in [-0.2, 0) is 27.2 Å². The minimum atomic E-state index is -0.951. The SMILES string of the molecule is CCc1ccc2c(CC(=O)O[C@@H](C)C(=O)Nc3ccc(C#N)cc3)coc2c1. The molecule has 0 unspecified atom stereocenters. The fourth-order valence-corrected chi connectivity index (χ4v) is 2.80. The second kappa shape index (κ2) is 8.40. The van der Waals surface area contributed by atoms with Gasteiger partial charge in [-0.25, -0.2) is 0 Å². The molecule has 2 aromatic carbocycles. The van der Waals surface area contributed by atoms with E-state index >= 15 is 0 Å². The molecule has 0 spiro atoms. The number of carbonyl (C=O) groups is 2. The smallest absolute Gasteiger partial charge is 0.311 e. The van der Waals surface area contributed by atoms with Crippen LogP contribution in [0.4, 0.5) is 5.69 Å². The van der Waals surface area contributed by atoms with E-state index in [0.717, 1.165) is 28.5 Å². The number of nitrogens with zero attached hydrogens (tertiary/aromatic N) is 1. The second-order valence-corrected chi connectivity index (χ2v) is 6.43. The van der Waals surface area contributed by atoms with Crippen LogP contribution in [0.15, 0.2) is 53.1 Å². The molecular formula is C22H20N2O4. The van der Waals surface area contributed by atoms with E-state index in [0.29, 0.717) is 11.3 Å². The molecule has 0 fully saturated rings. The average Bonchev–Trinajstić information content (AvgIpc) is 3.10. The van der Waals surface area contributed by atoms with Gasteiger partial charge >= 0.3 is 5.97 Å². The van der Waals surface area contributed by atoms with Crippen molar-refractivity contribution < 1.29 is 18.7 Å². The topological polar surface area (TPSA) is 92.3 Å². The van der Waals surface area contributed by atoms with Crippen LogP contribution in [0.25, 0.3) is 11.0 Å². The predicted molar refractivity (Wildman–Crippen MR) is 105 cm³/mol. The number of nitriles is 1. The summed E-state index contributed by atoms with van der Waals surface area (Å²) in [6.45, 7) is 3.57. The van der Waals surface area contributed by atoms with E-state index in [2.05, 4.69) is 12.2 Å². The van der Waals surface area contributed by atoms with Crippen LogP contribution in [0.1, 0.15) is 30.5 Å². The molecule has 0 aliphatic carbocycles. The minimum Gasteiger partial charge on any atom is -0.464 e. The maximum atomic E-state index is 12.2. The summed E-state index contributed by atoms with van der Waals surface area (Å²) >= 11 is 0. The fraction of sp³-hybridized carbons (Fsp3) is 0.227. The van der Waals surface area contributed by atoms with Crippen molar-refractivity contribution in [2.24, 2.45) is 0 Å². The number of carbonyl (C=O) groups excluding carboxylic acids is 2. The summed E-state index contributed by atoms with van der Waals surface area (Å²) < 4.78 is 10.8.